The third-order valence-corrected chi connectivity index (χ3v) is 3.71. The second-order valence-corrected chi connectivity index (χ2v) is 5.27. The fourth-order valence-corrected chi connectivity index (χ4v) is 2.75. The molecule has 104 valence electrons. The molecule has 0 aliphatic carbocycles. The lowest BCUT2D eigenvalue weighted by atomic mass is 10.1. The van der Waals surface area contributed by atoms with Crippen LogP contribution >= 0.6 is 0 Å². The van der Waals surface area contributed by atoms with E-state index in [-0.39, 0.29) is 11.9 Å². The highest BCUT2D eigenvalue weighted by atomic mass is 16.2. The van der Waals surface area contributed by atoms with Crippen molar-refractivity contribution in [2.24, 2.45) is 5.73 Å². The van der Waals surface area contributed by atoms with Crippen LogP contribution in [0.25, 0.3) is 0 Å². The molecule has 2 unspecified atom stereocenters. The van der Waals surface area contributed by atoms with Gasteiger partial charge >= 0.3 is 0 Å². The number of nitrogens with two attached hydrogens (primary N) is 1. The molecule has 1 aliphatic heterocycles. The number of aryl methyl sites for hydroxylation is 1. The monoisotopic (exact) mass is 261 g/mol. The van der Waals surface area contributed by atoms with Crippen LogP contribution in [-0.4, -0.2) is 31.1 Å². The number of rotatable bonds is 3. The van der Waals surface area contributed by atoms with Gasteiger partial charge in [-0.05, 0) is 50.9 Å². The molecule has 0 aromatic heterocycles. The minimum atomic E-state index is -0.163. The lowest BCUT2D eigenvalue weighted by Gasteiger charge is -2.35. The van der Waals surface area contributed by atoms with Gasteiger partial charge in [0.1, 0.15) is 6.04 Å². The molecule has 4 nitrogen and oxygen atoms in total. The van der Waals surface area contributed by atoms with Crippen molar-refractivity contribution in [1.29, 1.82) is 0 Å². The predicted octanol–water partition coefficient (Wildman–Crippen LogP) is 1.43. The van der Waals surface area contributed by atoms with Crippen molar-refractivity contribution in [3.63, 3.8) is 0 Å². The van der Waals surface area contributed by atoms with E-state index in [4.69, 9.17) is 5.73 Å². The zero-order chi connectivity index (χ0) is 13.8. The summed E-state index contributed by atoms with van der Waals surface area (Å²) in [7, 11) is 0. The van der Waals surface area contributed by atoms with Gasteiger partial charge in [-0.3, -0.25) is 4.79 Å². The Morgan fingerprint density at radius 2 is 2.26 bits per heavy atom. The largest absolute Gasteiger partial charge is 0.357 e. The SMILES string of the molecule is Cc1cccc(N2C(C)CCNC(=O)C2CCN)c1. The van der Waals surface area contributed by atoms with Crippen molar-refractivity contribution >= 4 is 11.6 Å². The van der Waals surface area contributed by atoms with Crippen molar-refractivity contribution < 1.29 is 4.79 Å². The minimum absolute atomic E-state index is 0.0938. The van der Waals surface area contributed by atoms with Crippen molar-refractivity contribution in [2.45, 2.75) is 38.8 Å². The van der Waals surface area contributed by atoms with Crippen LogP contribution in [0.5, 0.6) is 0 Å². The van der Waals surface area contributed by atoms with Gasteiger partial charge in [-0.15, -0.1) is 0 Å². The van der Waals surface area contributed by atoms with Gasteiger partial charge in [-0.2, -0.15) is 0 Å². The molecule has 0 saturated carbocycles. The molecule has 1 fully saturated rings. The maximum atomic E-state index is 12.2. The summed E-state index contributed by atoms with van der Waals surface area (Å²) >= 11 is 0. The Hall–Kier alpha value is -1.55. The molecule has 4 heteroatoms. The van der Waals surface area contributed by atoms with Crippen molar-refractivity contribution in [3.05, 3.63) is 29.8 Å². The number of anilines is 1. The summed E-state index contributed by atoms with van der Waals surface area (Å²) in [5.74, 6) is 0.0938. The molecule has 1 aromatic rings. The molecule has 1 aliphatic rings. The van der Waals surface area contributed by atoms with Gasteiger partial charge < -0.3 is 16.0 Å². The Balaban J connectivity index is 2.37. The van der Waals surface area contributed by atoms with Gasteiger partial charge in [0, 0.05) is 18.3 Å². The van der Waals surface area contributed by atoms with Crippen LogP contribution in [0.15, 0.2) is 24.3 Å². The average Bonchev–Trinajstić information content (AvgIpc) is 2.50. The quantitative estimate of drug-likeness (QED) is 0.865. The van der Waals surface area contributed by atoms with Crippen molar-refractivity contribution in [2.75, 3.05) is 18.0 Å². The first kappa shape index (κ1) is 13.9. The molecule has 2 rings (SSSR count). The molecule has 1 amide bonds. The highest BCUT2D eigenvalue weighted by molar-refractivity contribution is 5.86. The van der Waals surface area contributed by atoms with E-state index in [1.807, 2.05) is 6.07 Å². The summed E-state index contributed by atoms with van der Waals surface area (Å²) in [5.41, 5.74) is 8.00. The standard InChI is InChI=1S/C15H23N3O/c1-11-4-3-5-13(10-11)18-12(2)7-9-17-15(19)14(18)6-8-16/h3-5,10,12,14H,6-9,16H2,1-2H3,(H,17,19). The number of carbonyl (C=O) groups is 1. The van der Waals surface area contributed by atoms with E-state index in [1.54, 1.807) is 0 Å². The van der Waals surface area contributed by atoms with Crippen LogP contribution in [0.2, 0.25) is 0 Å². The van der Waals surface area contributed by atoms with Crippen LogP contribution in [0, 0.1) is 6.92 Å². The zero-order valence-corrected chi connectivity index (χ0v) is 11.7. The molecule has 1 saturated heterocycles. The van der Waals surface area contributed by atoms with E-state index in [2.05, 4.69) is 42.3 Å². The second kappa shape index (κ2) is 6.06. The smallest absolute Gasteiger partial charge is 0.242 e. The molecule has 1 heterocycles. The minimum Gasteiger partial charge on any atom is -0.357 e. The summed E-state index contributed by atoms with van der Waals surface area (Å²) in [6, 6.07) is 8.50. The maximum absolute atomic E-state index is 12.2. The summed E-state index contributed by atoms with van der Waals surface area (Å²) in [5, 5.41) is 2.99. The number of hydrogen-bond donors (Lipinski definition) is 2. The lowest BCUT2D eigenvalue weighted by Crippen LogP contribution is -2.48. The zero-order valence-electron chi connectivity index (χ0n) is 11.7. The van der Waals surface area contributed by atoms with Gasteiger partial charge in [0.05, 0.1) is 0 Å². The van der Waals surface area contributed by atoms with Crippen molar-refractivity contribution in [1.82, 2.24) is 5.32 Å². The molecular formula is C15H23N3O. The Kier molecular flexibility index (Phi) is 4.43. The third kappa shape index (κ3) is 3.07. The molecule has 19 heavy (non-hydrogen) atoms. The van der Waals surface area contributed by atoms with Crippen LogP contribution in [0.1, 0.15) is 25.3 Å². The van der Waals surface area contributed by atoms with Crippen LogP contribution < -0.4 is 16.0 Å². The third-order valence-electron chi connectivity index (χ3n) is 3.71. The number of benzene rings is 1. The topological polar surface area (TPSA) is 58.4 Å². The van der Waals surface area contributed by atoms with Gasteiger partial charge in [-0.1, -0.05) is 12.1 Å². The van der Waals surface area contributed by atoms with E-state index in [9.17, 15) is 4.79 Å². The Morgan fingerprint density at radius 3 is 2.95 bits per heavy atom. The Labute approximate surface area is 115 Å². The number of nitrogens with one attached hydrogen (secondary N) is 1. The van der Waals surface area contributed by atoms with Gasteiger partial charge in [0.25, 0.3) is 0 Å². The first-order valence-electron chi connectivity index (χ1n) is 6.96. The summed E-state index contributed by atoms with van der Waals surface area (Å²) in [6.07, 6.45) is 1.64. The lowest BCUT2D eigenvalue weighted by molar-refractivity contribution is -0.122. The normalized spacial score (nSPS) is 23.9. The summed E-state index contributed by atoms with van der Waals surface area (Å²) < 4.78 is 0. The predicted molar refractivity (Wildman–Crippen MR) is 78.2 cm³/mol. The molecule has 0 bridgehead atoms. The van der Waals surface area contributed by atoms with E-state index in [0.29, 0.717) is 19.0 Å². The number of nitrogens with zero attached hydrogens (tertiary/aromatic N) is 1. The van der Waals surface area contributed by atoms with Gasteiger partial charge in [0.15, 0.2) is 0 Å². The first-order chi connectivity index (χ1) is 9.13. The second-order valence-electron chi connectivity index (χ2n) is 5.27. The molecule has 0 radical (unpaired) electrons. The first-order valence-corrected chi connectivity index (χ1v) is 6.96. The van der Waals surface area contributed by atoms with Crippen molar-refractivity contribution in [3.8, 4) is 0 Å². The fraction of sp³-hybridized carbons (Fsp3) is 0.533. The molecule has 0 spiro atoms. The van der Waals surface area contributed by atoms with Crippen LogP contribution in [-0.2, 0) is 4.79 Å². The fourth-order valence-electron chi connectivity index (χ4n) is 2.75. The van der Waals surface area contributed by atoms with Crippen LogP contribution in [0.4, 0.5) is 5.69 Å². The average molecular weight is 261 g/mol. The molecular weight excluding hydrogens is 238 g/mol. The summed E-state index contributed by atoms with van der Waals surface area (Å²) in [4.78, 5) is 14.4. The van der Waals surface area contributed by atoms with E-state index in [1.165, 1.54) is 5.56 Å². The Bertz CT molecular complexity index is 447. The highest BCUT2D eigenvalue weighted by Crippen LogP contribution is 2.25. The highest BCUT2D eigenvalue weighted by Gasteiger charge is 2.31. The number of carbonyl (C=O) groups excluding carboxylic acids is 1. The molecule has 3 N–H and O–H groups in total. The summed E-state index contributed by atoms with van der Waals surface area (Å²) in [6.45, 7) is 5.51. The molecule has 2 atom stereocenters. The number of amides is 1. The van der Waals surface area contributed by atoms with E-state index < -0.39 is 0 Å². The van der Waals surface area contributed by atoms with E-state index >= 15 is 0 Å². The van der Waals surface area contributed by atoms with Gasteiger partial charge in [-0.25, -0.2) is 0 Å². The number of hydrogen-bond acceptors (Lipinski definition) is 3. The molecule has 1 aromatic carbocycles. The van der Waals surface area contributed by atoms with Gasteiger partial charge in [0.2, 0.25) is 5.91 Å². The van der Waals surface area contributed by atoms with E-state index in [0.717, 1.165) is 18.7 Å². The maximum Gasteiger partial charge on any atom is 0.242 e. The Morgan fingerprint density at radius 1 is 1.47 bits per heavy atom. The van der Waals surface area contributed by atoms with Crippen LogP contribution in [0.3, 0.4) is 0 Å².